The van der Waals surface area contributed by atoms with E-state index < -0.39 is 13.9 Å². The first kappa shape index (κ1) is 55.0. The first-order chi connectivity index (χ1) is 27.1. The standard InChI is InChI=1S/C47H92NO7P/c1-6-8-10-12-14-16-18-20-21-22-23-24-25-26-27-28-30-32-34-36-38-40-47(49)55-46(45-54-56(50,51)53-43-41-48(3,4)5)44-52-42-39-37-35-33-31-29-19-17-15-13-11-9-7-2/h18,20,22-23,46H,6-17,19,21,24-45H2,1-5H3/p+1/b20-18-,23-22-. The Morgan fingerprint density at radius 3 is 1.45 bits per heavy atom. The van der Waals surface area contributed by atoms with E-state index in [-0.39, 0.29) is 25.8 Å². The molecule has 2 atom stereocenters. The zero-order chi connectivity index (χ0) is 41.3. The van der Waals surface area contributed by atoms with Crippen molar-refractivity contribution in [1.82, 2.24) is 0 Å². The molecule has 0 spiro atoms. The second-order valence-electron chi connectivity index (χ2n) is 17.1. The van der Waals surface area contributed by atoms with Crippen LogP contribution in [0.2, 0.25) is 0 Å². The van der Waals surface area contributed by atoms with Crippen molar-refractivity contribution >= 4 is 13.8 Å². The van der Waals surface area contributed by atoms with Gasteiger partial charge in [0.25, 0.3) is 0 Å². The number of esters is 1. The third-order valence-corrected chi connectivity index (χ3v) is 11.2. The second kappa shape index (κ2) is 40.7. The molecule has 0 heterocycles. The number of quaternary nitrogens is 1. The number of hydrogen-bond acceptors (Lipinski definition) is 6. The molecule has 0 aliphatic carbocycles. The molecule has 0 fully saturated rings. The number of carbonyl (C=O) groups is 1. The van der Waals surface area contributed by atoms with Crippen LogP contribution in [0.25, 0.3) is 0 Å². The molecule has 0 radical (unpaired) electrons. The summed E-state index contributed by atoms with van der Waals surface area (Å²) in [5.74, 6) is -0.315. The summed E-state index contributed by atoms with van der Waals surface area (Å²) in [5, 5.41) is 0. The molecule has 0 aromatic heterocycles. The summed E-state index contributed by atoms with van der Waals surface area (Å²) in [6.07, 6.45) is 46.3. The minimum atomic E-state index is -4.27. The molecule has 0 bridgehead atoms. The molecular formula is C47H93NO7P+. The lowest BCUT2D eigenvalue weighted by atomic mass is 10.0. The summed E-state index contributed by atoms with van der Waals surface area (Å²) in [6.45, 7) is 5.64. The minimum Gasteiger partial charge on any atom is -0.457 e. The van der Waals surface area contributed by atoms with Crippen molar-refractivity contribution in [3.8, 4) is 0 Å². The summed E-state index contributed by atoms with van der Waals surface area (Å²) < 4.78 is 35.0. The van der Waals surface area contributed by atoms with Gasteiger partial charge in [0.05, 0.1) is 34.4 Å². The molecule has 1 N–H and O–H groups in total. The smallest absolute Gasteiger partial charge is 0.457 e. The van der Waals surface area contributed by atoms with E-state index >= 15 is 0 Å². The van der Waals surface area contributed by atoms with E-state index in [4.69, 9.17) is 18.5 Å². The Morgan fingerprint density at radius 2 is 0.982 bits per heavy atom. The Hall–Kier alpha value is -1.02. The first-order valence-electron chi connectivity index (χ1n) is 23.6. The Morgan fingerprint density at radius 1 is 0.554 bits per heavy atom. The van der Waals surface area contributed by atoms with Crippen LogP contribution in [0, 0.1) is 0 Å². The summed E-state index contributed by atoms with van der Waals surface area (Å²) in [5.41, 5.74) is 0. The predicted molar refractivity (Wildman–Crippen MR) is 238 cm³/mol. The average Bonchev–Trinajstić information content (AvgIpc) is 3.15. The molecule has 0 aliphatic rings. The van der Waals surface area contributed by atoms with E-state index in [2.05, 4.69) is 38.2 Å². The highest BCUT2D eigenvalue weighted by atomic mass is 31.2. The van der Waals surface area contributed by atoms with Crippen LogP contribution in [0.15, 0.2) is 24.3 Å². The van der Waals surface area contributed by atoms with Gasteiger partial charge in [-0.3, -0.25) is 13.8 Å². The van der Waals surface area contributed by atoms with E-state index in [0.717, 1.165) is 38.5 Å². The van der Waals surface area contributed by atoms with Crippen LogP contribution < -0.4 is 0 Å². The van der Waals surface area contributed by atoms with Crippen molar-refractivity contribution in [3.63, 3.8) is 0 Å². The van der Waals surface area contributed by atoms with E-state index in [1.165, 1.54) is 154 Å². The first-order valence-corrected chi connectivity index (χ1v) is 25.1. The lowest BCUT2D eigenvalue weighted by Crippen LogP contribution is -2.37. The number of phosphoric ester groups is 1. The number of allylic oxidation sites excluding steroid dienone is 4. The molecule has 0 aliphatic heterocycles. The molecule has 332 valence electrons. The van der Waals surface area contributed by atoms with E-state index in [0.29, 0.717) is 24.1 Å². The van der Waals surface area contributed by atoms with Gasteiger partial charge in [-0.2, -0.15) is 0 Å². The van der Waals surface area contributed by atoms with Crippen molar-refractivity contribution in [2.75, 3.05) is 54.1 Å². The third kappa shape index (κ3) is 44.1. The summed E-state index contributed by atoms with van der Waals surface area (Å²) >= 11 is 0. The van der Waals surface area contributed by atoms with Gasteiger partial charge in [-0.1, -0.05) is 186 Å². The lowest BCUT2D eigenvalue weighted by molar-refractivity contribution is -0.870. The second-order valence-corrected chi connectivity index (χ2v) is 18.6. The Balaban J connectivity index is 4.15. The molecule has 9 heteroatoms. The number of unbranched alkanes of at least 4 members (excludes halogenated alkanes) is 26. The summed E-state index contributed by atoms with van der Waals surface area (Å²) in [7, 11) is 1.67. The van der Waals surface area contributed by atoms with Gasteiger partial charge in [0, 0.05) is 13.0 Å². The van der Waals surface area contributed by atoms with Crippen molar-refractivity contribution in [1.29, 1.82) is 0 Å². The van der Waals surface area contributed by atoms with Gasteiger partial charge in [-0.15, -0.1) is 0 Å². The van der Waals surface area contributed by atoms with Gasteiger partial charge in [0.15, 0.2) is 0 Å². The third-order valence-electron chi connectivity index (χ3n) is 10.3. The molecule has 0 aromatic rings. The summed E-state index contributed by atoms with van der Waals surface area (Å²) in [4.78, 5) is 22.9. The number of likely N-dealkylation sites (N-methyl/N-ethyl adjacent to an activating group) is 1. The van der Waals surface area contributed by atoms with Gasteiger partial charge in [0.2, 0.25) is 0 Å². The van der Waals surface area contributed by atoms with Crippen LogP contribution in [-0.4, -0.2) is 75.6 Å². The largest absolute Gasteiger partial charge is 0.472 e. The molecule has 8 nitrogen and oxygen atoms in total. The Labute approximate surface area is 347 Å². The van der Waals surface area contributed by atoms with Crippen molar-refractivity contribution in [2.45, 2.75) is 219 Å². The zero-order valence-corrected chi connectivity index (χ0v) is 38.5. The lowest BCUT2D eigenvalue weighted by Gasteiger charge is -2.24. The highest BCUT2D eigenvalue weighted by Gasteiger charge is 2.26. The zero-order valence-electron chi connectivity index (χ0n) is 37.6. The number of phosphoric acid groups is 1. The molecule has 0 aromatic carbocycles. The average molecular weight is 815 g/mol. The van der Waals surface area contributed by atoms with Gasteiger partial charge in [0.1, 0.15) is 19.3 Å². The molecule has 2 unspecified atom stereocenters. The van der Waals surface area contributed by atoms with E-state index in [9.17, 15) is 14.3 Å². The molecule has 0 saturated heterocycles. The van der Waals surface area contributed by atoms with Crippen LogP contribution in [0.5, 0.6) is 0 Å². The van der Waals surface area contributed by atoms with Crippen LogP contribution in [0.3, 0.4) is 0 Å². The van der Waals surface area contributed by atoms with Gasteiger partial charge < -0.3 is 18.9 Å². The number of ether oxygens (including phenoxy) is 2. The number of rotatable bonds is 44. The molecular weight excluding hydrogens is 721 g/mol. The monoisotopic (exact) mass is 815 g/mol. The number of hydrogen-bond donors (Lipinski definition) is 1. The fourth-order valence-corrected chi connectivity index (χ4v) is 7.33. The molecule has 0 rings (SSSR count). The SMILES string of the molecule is CCCCCCC/C=C\C/C=C\CCCCCCCCCCCC(=O)OC(COCCCCCCCCCCCCCCC)COP(=O)(O)OCC[N+](C)(C)C. The molecule has 56 heavy (non-hydrogen) atoms. The Kier molecular flexibility index (Phi) is 40.0. The van der Waals surface area contributed by atoms with Crippen LogP contribution in [0.1, 0.15) is 213 Å². The number of nitrogens with zero attached hydrogens (tertiary/aromatic N) is 1. The van der Waals surface area contributed by atoms with E-state index in [1.807, 2.05) is 21.1 Å². The fourth-order valence-electron chi connectivity index (χ4n) is 6.58. The van der Waals surface area contributed by atoms with Crippen LogP contribution >= 0.6 is 7.82 Å². The quantitative estimate of drug-likeness (QED) is 0.0215. The number of carbonyl (C=O) groups excluding carboxylic acids is 1. The minimum absolute atomic E-state index is 0.0898. The van der Waals surface area contributed by atoms with Crippen LogP contribution in [-0.2, 0) is 27.9 Å². The van der Waals surface area contributed by atoms with E-state index in [1.54, 1.807) is 0 Å². The van der Waals surface area contributed by atoms with Gasteiger partial charge in [-0.05, 0) is 44.9 Å². The maximum absolute atomic E-state index is 12.7. The Bertz CT molecular complexity index is 951. The highest BCUT2D eigenvalue weighted by Crippen LogP contribution is 2.43. The van der Waals surface area contributed by atoms with Crippen molar-refractivity contribution < 1.29 is 37.3 Å². The van der Waals surface area contributed by atoms with Gasteiger partial charge in [-0.25, -0.2) is 4.57 Å². The predicted octanol–water partition coefficient (Wildman–Crippen LogP) is 14.0. The molecule has 0 saturated carbocycles. The molecule has 0 amide bonds. The summed E-state index contributed by atoms with van der Waals surface area (Å²) in [6, 6.07) is 0. The van der Waals surface area contributed by atoms with Crippen LogP contribution in [0.4, 0.5) is 0 Å². The topological polar surface area (TPSA) is 91.3 Å². The fraction of sp³-hybridized carbons (Fsp3) is 0.894. The highest BCUT2D eigenvalue weighted by molar-refractivity contribution is 7.47. The maximum Gasteiger partial charge on any atom is 0.472 e. The van der Waals surface area contributed by atoms with Crippen molar-refractivity contribution in [3.05, 3.63) is 24.3 Å². The van der Waals surface area contributed by atoms with Crippen molar-refractivity contribution in [2.24, 2.45) is 0 Å². The normalized spacial score (nSPS) is 13.9. The maximum atomic E-state index is 12.7. The van der Waals surface area contributed by atoms with Gasteiger partial charge >= 0.3 is 13.8 Å².